The molecule has 0 aliphatic heterocycles. The molecule has 0 aliphatic rings. The number of fused-ring (bicyclic) bond motifs is 3. The first-order chi connectivity index (χ1) is 8.15. The van der Waals surface area contributed by atoms with Gasteiger partial charge < -0.3 is 8.97 Å². The van der Waals surface area contributed by atoms with Gasteiger partial charge in [0.1, 0.15) is 11.2 Å². The number of rotatable bonds is 1. The number of hydrogen-bond donors (Lipinski definition) is 1. The minimum atomic E-state index is -1.98. The molecule has 17 heavy (non-hydrogen) atoms. The zero-order valence-corrected chi connectivity index (χ0v) is 10.9. The van der Waals surface area contributed by atoms with Crippen molar-refractivity contribution in [1.29, 1.82) is 0 Å². The van der Waals surface area contributed by atoms with Gasteiger partial charge in [-0.05, 0) is 36.4 Å². The molecule has 1 aromatic heterocycles. The van der Waals surface area contributed by atoms with Crippen LogP contribution in [0.4, 0.5) is 0 Å². The van der Waals surface area contributed by atoms with Crippen LogP contribution in [0.5, 0.6) is 0 Å². The Kier molecular flexibility index (Phi) is 2.54. The van der Waals surface area contributed by atoms with Crippen molar-refractivity contribution in [3.8, 4) is 0 Å². The van der Waals surface area contributed by atoms with Gasteiger partial charge in [-0.2, -0.15) is 0 Å². The van der Waals surface area contributed by atoms with E-state index in [9.17, 15) is 4.21 Å². The molecular formula is C12H7BrO3S. The molecule has 86 valence electrons. The van der Waals surface area contributed by atoms with Crippen LogP contribution in [-0.4, -0.2) is 8.76 Å². The Morgan fingerprint density at radius 1 is 1.06 bits per heavy atom. The molecule has 0 radical (unpaired) electrons. The number of halogens is 1. The summed E-state index contributed by atoms with van der Waals surface area (Å²) in [5, 5.41) is 1.93. The smallest absolute Gasteiger partial charge is 0.186 e. The Bertz CT molecular complexity index is 748. The minimum Gasteiger partial charge on any atom is -0.456 e. The summed E-state index contributed by atoms with van der Waals surface area (Å²) in [5.74, 6) is 0. The van der Waals surface area contributed by atoms with Gasteiger partial charge in [-0.15, -0.1) is 0 Å². The van der Waals surface area contributed by atoms with Gasteiger partial charge in [0.05, 0.1) is 4.90 Å². The van der Waals surface area contributed by atoms with Crippen molar-refractivity contribution in [2.75, 3.05) is 0 Å². The van der Waals surface area contributed by atoms with Crippen molar-refractivity contribution >= 4 is 48.9 Å². The summed E-state index contributed by atoms with van der Waals surface area (Å²) in [6.45, 7) is 0. The highest BCUT2D eigenvalue weighted by Gasteiger charge is 2.09. The average Bonchev–Trinajstić information content (AvgIpc) is 2.66. The molecule has 5 heteroatoms. The largest absolute Gasteiger partial charge is 0.456 e. The first-order valence-corrected chi connectivity index (χ1v) is 6.78. The molecule has 3 nitrogen and oxygen atoms in total. The SMILES string of the molecule is O=S(O)c1ccc2c(c1)oc1ccc(Br)cc12. The minimum absolute atomic E-state index is 0.343. The van der Waals surface area contributed by atoms with E-state index >= 15 is 0 Å². The van der Waals surface area contributed by atoms with Crippen molar-refractivity contribution in [1.82, 2.24) is 0 Å². The second-order valence-corrected chi connectivity index (χ2v) is 5.54. The molecule has 1 atom stereocenters. The zero-order valence-electron chi connectivity index (χ0n) is 8.51. The molecule has 0 saturated heterocycles. The fourth-order valence-electron chi connectivity index (χ4n) is 1.84. The molecular weight excluding hydrogens is 304 g/mol. The fraction of sp³-hybridized carbons (Fsp3) is 0. The van der Waals surface area contributed by atoms with Crippen molar-refractivity contribution in [3.63, 3.8) is 0 Å². The Morgan fingerprint density at radius 3 is 2.65 bits per heavy atom. The number of furan rings is 1. The van der Waals surface area contributed by atoms with E-state index in [1.807, 2.05) is 18.2 Å². The maximum absolute atomic E-state index is 11.0. The van der Waals surface area contributed by atoms with E-state index in [1.165, 1.54) is 0 Å². The molecule has 0 bridgehead atoms. The van der Waals surface area contributed by atoms with Crippen molar-refractivity contribution in [2.24, 2.45) is 0 Å². The van der Waals surface area contributed by atoms with E-state index in [0.717, 1.165) is 20.8 Å². The Labute approximate surface area is 108 Å². The van der Waals surface area contributed by atoms with E-state index < -0.39 is 11.1 Å². The van der Waals surface area contributed by atoms with Gasteiger partial charge in [-0.1, -0.05) is 15.9 Å². The fourth-order valence-corrected chi connectivity index (χ4v) is 2.59. The summed E-state index contributed by atoms with van der Waals surface area (Å²) in [7, 11) is 0. The van der Waals surface area contributed by atoms with Crippen LogP contribution in [0.3, 0.4) is 0 Å². The molecule has 0 aliphatic carbocycles. The third kappa shape index (κ3) is 1.80. The molecule has 3 rings (SSSR count). The average molecular weight is 311 g/mol. The van der Waals surface area contributed by atoms with Crippen LogP contribution in [0.1, 0.15) is 0 Å². The van der Waals surface area contributed by atoms with Gasteiger partial charge in [0.2, 0.25) is 0 Å². The Hall–Kier alpha value is -1.17. The molecule has 0 amide bonds. The predicted molar refractivity (Wildman–Crippen MR) is 70.5 cm³/mol. The van der Waals surface area contributed by atoms with Crippen LogP contribution in [0.15, 0.2) is 50.2 Å². The molecule has 1 unspecified atom stereocenters. The molecule has 0 spiro atoms. The molecule has 3 aromatic rings. The van der Waals surface area contributed by atoms with Crippen molar-refractivity contribution < 1.29 is 13.2 Å². The highest BCUT2D eigenvalue weighted by atomic mass is 79.9. The normalized spacial score (nSPS) is 13.3. The number of benzene rings is 2. The second kappa shape index (κ2) is 3.94. The highest BCUT2D eigenvalue weighted by Crippen LogP contribution is 2.31. The molecule has 0 fully saturated rings. The van der Waals surface area contributed by atoms with Crippen LogP contribution < -0.4 is 0 Å². The van der Waals surface area contributed by atoms with Crippen LogP contribution in [0.2, 0.25) is 0 Å². The van der Waals surface area contributed by atoms with Gasteiger partial charge in [-0.25, -0.2) is 4.21 Å². The summed E-state index contributed by atoms with van der Waals surface area (Å²) in [6, 6.07) is 10.8. The van der Waals surface area contributed by atoms with E-state index in [2.05, 4.69) is 15.9 Å². The lowest BCUT2D eigenvalue weighted by Gasteiger charge is -1.94. The summed E-state index contributed by atoms with van der Waals surface area (Å²) < 4.78 is 26.6. The predicted octanol–water partition coefficient (Wildman–Crippen LogP) is 3.93. The third-order valence-electron chi connectivity index (χ3n) is 2.61. The summed E-state index contributed by atoms with van der Waals surface area (Å²) in [5.41, 5.74) is 1.39. The lowest BCUT2D eigenvalue weighted by molar-refractivity contribution is 0.564. The van der Waals surface area contributed by atoms with Gasteiger partial charge in [-0.3, -0.25) is 0 Å². The molecule has 1 heterocycles. The van der Waals surface area contributed by atoms with Crippen LogP contribution in [-0.2, 0) is 11.1 Å². The molecule has 2 aromatic carbocycles. The van der Waals surface area contributed by atoms with Crippen molar-refractivity contribution in [2.45, 2.75) is 4.90 Å². The van der Waals surface area contributed by atoms with Gasteiger partial charge in [0.25, 0.3) is 0 Å². The quantitative estimate of drug-likeness (QED) is 0.693. The standard InChI is InChI=1S/C12H7BrO3S/c13-7-1-4-11-10(5-7)9-3-2-8(17(14)15)6-12(9)16-11/h1-6H,(H,14,15). The van der Waals surface area contributed by atoms with Gasteiger partial charge in [0, 0.05) is 15.2 Å². The molecule has 1 N–H and O–H groups in total. The summed E-state index contributed by atoms with van der Waals surface area (Å²) in [4.78, 5) is 0.343. The van der Waals surface area contributed by atoms with Crippen LogP contribution in [0, 0.1) is 0 Å². The topological polar surface area (TPSA) is 50.4 Å². The third-order valence-corrected chi connectivity index (χ3v) is 3.76. The highest BCUT2D eigenvalue weighted by molar-refractivity contribution is 9.10. The monoisotopic (exact) mass is 310 g/mol. The Morgan fingerprint density at radius 2 is 1.88 bits per heavy atom. The zero-order chi connectivity index (χ0) is 12.0. The first-order valence-electron chi connectivity index (χ1n) is 4.88. The lowest BCUT2D eigenvalue weighted by atomic mass is 10.1. The van der Waals surface area contributed by atoms with E-state index in [4.69, 9.17) is 8.97 Å². The second-order valence-electron chi connectivity index (χ2n) is 3.65. The summed E-state index contributed by atoms with van der Waals surface area (Å²) in [6.07, 6.45) is 0. The van der Waals surface area contributed by atoms with E-state index in [-0.39, 0.29) is 0 Å². The maximum atomic E-state index is 11.0. The van der Waals surface area contributed by atoms with Crippen LogP contribution in [0.25, 0.3) is 21.9 Å². The first kappa shape index (κ1) is 11.0. The lowest BCUT2D eigenvalue weighted by Crippen LogP contribution is -1.86. The summed E-state index contributed by atoms with van der Waals surface area (Å²) >= 11 is 1.43. The van der Waals surface area contributed by atoms with E-state index in [0.29, 0.717) is 10.5 Å². The van der Waals surface area contributed by atoms with Gasteiger partial charge in [0.15, 0.2) is 11.1 Å². The number of hydrogen-bond acceptors (Lipinski definition) is 2. The van der Waals surface area contributed by atoms with Crippen molar-refractivity contribution in [3.05, 3.63) is 40.9 Å². The van der Waals surface area contributed by atoms with Gasteiger partial charge >= 0.3 is 0 Å². The van der Waals surface area contributed by atoms with E-state index in [1.54, 1.807) is 18.2 Å². The molecule has 0 saturated carbocycles. The maximum Gasteiger partial charge on any atom is 0.186 e. The van der Waals surface area contributed by atoms with Crippen LogP contribution >= 0.6 is 15.9 Å². The Balaban J connectivity index is 2.39.